The first-order valence-electron chi connectivity index (χ1n) is 5.73. The molecule has 0 fully saturated rings. The molecule has 2 rings (SSSR count). The molecule has 0 saturated carbocycles. The number of anilines is 1. The SMILES string of the molecule is N#CC(CNc1cccc(I)c1)c1ccccc1. The van der Waals surface area contributed by atoms with Crippen molar-refractivity contribution in [1.29, 1.82) is 5.26 Å². The quantitative estimate of drug-likeness (QED) is 0.848. The molecule has 18 heavy (non-hydrogen) atoms. The van der Waals surface area contributed by atoms with Crippen molar-refractivity contribution in [3.05, 3.63) is 63.7 Å². The van der Waals surface area contributed by atoms with Crippen LogP contribution in [0.1, 0.15) is 11.5 Å². The first kappa shape index (κ1) is 12.9. The van der Waals surface area contributed by atoms with Gasteiger partial charge < -0.3 is 5.32 Å². The maximum Gasteiger partial charge on any atom is 0.0885 e. The van der Waals surface area contributed by atoms with Crippen LogP contribution >= 0.6 is 22.6 Å². The predicted molar refractivity (Wildman–Crippen MR) is 82.4 cm³/mol. The zero-order valence-corrected chi connectivity index (χ0v) is 12.0. The average molecular weight is 348 g/mol. The topological polar surface area (TPSA) is 35.8 Å². The van der Waals surface area contributed by atoms with E-state index in [0.29, 0.717) is 6.54 Å². The fraction of sp³-hybridized carbons (Fsp3) is 0.133. The maximum absolute atomic E-state index is 9.22. The Balaban J connectivity index is 2.03. The highest BCUT2D eigenvalue weighted by atomic mass is 127. The number of nitrogens with one attached hydrogen (secondary N) is 1. The molecule has 0 aliphatic carbocycles. The second-order valence-corrected chi connectivity index (χ2v) is 5.23. The summed E-state index contributed by atoms with van der Waals surface area (Å²) >= 11 is 2.28. The summed E-state index contributed by atoms with van der Waals surface area (Å²) in [4.78, 5) is 0. The maximum atomic E-state index is 9.22. The van der Waals surface area contributed by atoms with Gasteiger partial charge in [0.2, 0.25) is 0 Å². The Hall–Kier alpha value is -1.54. The van der Waals surface area contributed by atoms with Crippen LogP contribution in [0.4, 0.5) is 5.69 Å². The molecule has 0 aliphatic rings. The Labute approximate surface area is 121 Å². The van der Waals surface area contributed by atoms with Crippen LogP contribution in [0.15, 0.2) is 54.6 Å². The van der Waals surface area contributed by atoms with Crippen molar-refractivity contribution in [2.45, 2.75) is 5.92 Å². The molecular weight excluding hydrogens is 335 g/mol. The highest BCUT2D eigenvalue weighted by Gasteiger charge is 2.09. The highest BCUT2D eigenvalue weighted by Crippen LogP contribution is 2.17. The van der Waals surface area contributed by atoms with E-state index in [1.807, 2.05) is 48.5 Å². The van der Waals surface area contributed by atoms with Crippen molar-refractivity contribution in [2.75, 3.05) is 11.9 Å². The fourth-order valence-corrected chi connectivity index (χ4v) is 2.28. The first-order valence-corrected chi connectivity index (χ1v) is 6.81. The number of halogens is 1. The van der Waals surface area contributed by atoms with Gasteiger partial charge in [0.15, 0.2) is 0 Å². The summed E-state index contributed by atoms with van der Waals surface area (Å²) in [5, 5.41) is 12.5. The molecular formula is C15H13IN2. The van der Waals surface area contributed by atoms with Gasteiger partial charge in [-0.25, -0.2) is 0 Å². The van der Waals surface area contributed by atoms with Crippen LogP contribution in [0.3, 0.4) is 0 Å². The smallest absolute Gasteiger partial charge is 0.0885 e. The van der Waals surface area contributed by atoms with Gasteiger partial charge in [0.1, 0.15) is 0 Å². The van der Waals surface area contributed by atoms with E-state index in [1.165, 1.54) is 3.57 Å². The largest absolute Gasteiger partial charge is 0.383 e. The number of hydrogen-bond acceptors (Lipinski definition) is 2. The summed E-state index contributed by atoms with van der Waals surface area (Å²) in [5.74, 6) is -0.121. The molecule has 3 heteroatoms. The lowest BCUT2D eigenvalue weighted by Crippen LogP contribution is -2.11. The molecule has 0 saturated heterocycles. The molecule has 0 heterocycles. The van der Waals surface area contributed by atoms with E-state index >= 15 is 0 Å². The molecule has 2 nitrogen and oxygen atoms in total. The molecule has 0 aromatic heterocycles. The summed E-state index contributed by atoms with van der Waals surface area (Å²) in [7, 11) is 0. The van der Waals surface area contributed by atoms with E-state index < -0.39 is 0 Å². The minimum atomic E-state index is -0.121. The van der Waals surface area contributed by atoms with Crippen LogP contribution in [0.2, 0.25) is 0 Å². The molecule has 1 unspecified atom stereocenters. The monoisotopic (exact) mass is 348 g/mol. The van der Waals surface area contributed by atoms with Gasteiger partial charge in [-0.15, -0.1) is 0 Å². The lowest BCUT2D eigenvalue weighted by Gasteiger charge is -2.12. The molecule has 90 valence electrons. The Morgan fingerprint density at radius 2 is 1.89 bits per heavy atom. The Bertz CT molecular complexity index is 546. The number of rotatable bonds is 4. The van der Waals surface area contributed by atoms with Gasteiger partial charge in [0.25, 0.3) is 0 Å². The summed E-state index contributed by atoms with van der Waals surface area (Å²) in [6.07, 6.45) is 0. The Kier molecular flexibility index (Phi) is 4.59. The molecule has 2 aromatic carbocycles. The van der Waals surface area contributed by atoms with E-state index in [1.54, 1.807) is 0 Å². The van der Waals surface area contributed by atoms with Crippen molar-refractivity contribution < 1.29 is 0 Å². The third-order valence-corrected chi connectivity index (χ3v) is 3.36. The zero-order chi connectivity index (χ0) is 12.8. The summed E-state index contributed by atoms with van der Waals surface area (Å²) in [6.45, 7) is 0.626. The minimum Gasteiger partial charge on any atom is -0.383 e. The second-order valence-electron chi connectivity index (χ2n) is 3.98. The lowest BCUT2D eigenvalue weighted by atomic mass is 10.0. The zero-order valence-electron chi connectivity index (χ0n) is 9.81. The van der Waals surface area contributed by atoms with Gasteiger partial charge in [0, 0.05) is 15.8 Å². The predicted octanol–water partition coefficient (Wildman–Crippen LogP) is 4.01. The van der Waals surface area contributed by atoms with Crippen molar-refractivity contribution in [3.63, 3.8) is 0 Å². The molecule has 0 bridgehead atoms. The minimum absolute atomic E-state index is 0.121. The van der Waals surface area contributed by atoms with Gasteiger partial charge in [-0.2, -0.15) is 5.26 Å². The van der Waals surface area contributed by atoms with Gasteiger partial charge in [-0.05, 0) is 46.4 Å². The van der Waals surface area contributed by atoms with Crippen molar-refractivity contribution in [1.82, 2.24) is 0 Å². The van der Waals surface area contributed by atoms with Crippen LogP contribution in [0.5, 0.6) is 0 Å². The number of hydrogen-bond donors (Lipinski definition) is 1. The van der Waals surface area contributed by atoms with Crippen molar-refractivity contribution >= 4 is 28.3 Å². The van der Waals surface area contributed by atoms with Crippen molar-refractivity contribution in [3.8, 4) is 6.07 Å². The number of benzene rings is 2. The van der Waals surface area contributed by atoms with E-state index in [-0.39, 0.29) is 5.92 Å². The fourth-order valence-electron chi connectivity index (χ4n) is 1.74. The van der Waals surface area contributed by atoms with Crippen LogP contribution in [-0.4, -0.2) is 6.54 Å². The standard InChI is InChI=1S/C15H13IN2/c16-14-7-4-8-15(9-14)18-11-13(10-17)12-5-2-1-3-6-12/h1-9,13,18H,11H2. The van der Waals surface area contributed by atoms with Gasteiger partial charge in [-0.1, -0.05) is 36.4 Å². The third kappa shape index (κ3) is 3.47. The molecule has 0 aliphatic heterocycles. The van der Waals surface area contributed by atoms with Crippen molar-refractivity contribution in [2.24, 2.45) is 0 Å². The van der Waals surface area contributed by atoms with E-state index in [0.717, 1.165) is 11.3 Å². The van der Waals surface area contributed by atoms with Crippen LogP contribution in [0, 0.1) is 14.9 Å². The van der Waals surface area contributed by atoms with Crippen LogP contribution < -0.4 is 5.32 Å². The second kappa shape index (κ2) is 6.41. The number of nitriles is 1. The van der Waals surface area contributed by atoms with Crippen LogP contribution in [-0.2, 0) is 0 Å². The Morgan fingerprint density at radius 3 is 2.56 bits per heavy atom. The molecule has 1 atom stereocenters. The number of nitrogens with zero attached hydrogens (tertiary/aromatic N) is 1. The first-order chi connectivity index (χ1) is 8.79. The summed E-state index contributed by atoms with van der Waals surface area (Å²) in [5.41, 5.74) is 2.11. The molecule has 2 aromatic rings. The lowest BCUT2D eigenvalue weighted by molar-refractivity contribution is 0.900. The summed E-state index contributed by atoms with van der Waals surface area (Å²) in [6, 6.07) is 20.3. The van der Waals surface area contributed by atoms with Gasteiger partial charge in [0.05, 0.1) is 12.0 Å². The highest BCUT2D eigenvalue weighted by molar-refractivity contribution is 14.1. The molecule has 0 amide bonds. The third-order valence-electron chi connectivity index (χ3n) is 2.69. The normalized spacial score (nSPS) is 11.6. The van der Waals surface area contributed by atoms with E-state index in [2.05, 4.69) is 40.0 Å². The van der Waals surface area contributed by atoms with E-state index in [9.17, 15) is 5.26 Å². The molecule has 0 radical (unpaired) electrons. The van der Waals surface area contributed by atoms with Gasteiger partial charge >= 0.3 is 0 Å². The van der Waals surface area contributed by atoms with Gasteiger partial charge in [-0.3, -0.25) is 0 Å². The average Bonchev–Trinajstić information content (AvgIpc) is 2.41. The molecule has 1 N–H and O–H groups in total. The van der Waals surface area contributed by atoms with E-state index in [4.69, 9.17) is 0 Å². The van der Waals surface area contributed by atoms with Crippen LogP contribution in [0.25, 0.3) is 0 Å². The molecule has 0 spiro atoms. The Morgan fingerprint density at radius 1 is 1.11 bits per heavy atom. The summed E-state index contributed by atoms with van der Waals surface area (Å²) < 4.78 is 1.19.